The number of hydrogen-bond acceptors (Lipinski definition) is 6. The summed E-state index contributed by atoms with van der Waals surface area (Å²) >= 11 is 6.58. The highest BCUT2D eigenvalue weighted by Gasteiger charge is 2.30. The zero-order chi connectivity index (χ0) is 38.1. The molecule has 1 aliphatic heterocycles. The van der Waals surface area contributed by atoms with E-state index in [1.54, 1.807) is 42.5 Å². The Hall–Kier alpha value is -5.39. The topological polar surface area (TPSA) is 64.1 Å². The third kappa shape index (κ3) is 10.8. The van der Waals surface area contributed by atoms with Crippen LogP contribution in [0.4, 0.5) is 17.6 Å². The van der Waals surface area contributed by atoms with Crippen LogP contribution in [0.3, 0.4) is 0 Å². The molecule has 1 amide bonds. The normalized spacial score (nSPS) is 13.6. The predicted octanol–water partition coefficient (Wildman–Crippen LogP) is 9.55. The van der Waals surface area contributed by atoms with Crippen molar-refractivity contribution in [2.45, 2.75) is 32.7 Å². The van der Waals surface area contributed by atoms with E-state index in [9.17, 15) is 22.4 Å². The minimum absolute atomic E-state index is 0.0687. The van der Waals surface area contributed by atoms with Crippen LogP contribution in [0.25, 0.3) is 6.08 Å². The molecule has 1 aromatic heterocycles. The molecule has 0 bridgehead atoms. The van der Waals surface area contributed by atoms with E-state index in [0.29, 0.717) is 47.5 Å². The summed E-state index contributed by atoms with van der Waals surface area (Å²) in [6, 6.07) is 26.1. The number of ether oxygens (including phenoxy) is 3. The predicted molar refractivity (Wildman–Crippen MR) is 199 cm³/mol. The molecule has 0 atom stereocenters. The molecule has 54 heavy (non-hydrogen) atoms. The van der Waals surface area contributed by atoms with Crippen molar-refractivity contribution in [3.63, 3.8) is 0 Å². The molecule has 2 heterocycles. The van der Waals surface area contributed by atoms with Gasteiger partial charge in [-0.25, -0.2) is 9.37 Å². The van der Waals surface area contributed by atoms with Gasteiger partial charge in [0.1, 0.15) is 23.9 Å². The molecule has 12 heteroatoms. The lowest BCUT2D eigenvalue weighted by molar-refractivity contribution is -0.137. The van der Waals surface area contributed by atoms with Gasteiger partial charge in [0.2, 0.25) is 11.8 Å². The first-order chi connectivity index (χ1) is 26.0. The number of rotatable bonds is 13. The number of pyridine rings is 1. The summed E-state index contributed by atoms with van der Waals surface area (Å²) in [4.78, 5) is 21.5. The van der Waals surface area contributed by atoms with Crippen LogP contribution < -0.4 is 14.2 Å². The van der Waals surface area contributed by atoms with Crippen LogP contribution in [0.15, 0.2) is 109 Å². The van der Waals surface area contributed by atoms with Gasteiger partial charge < -0.3 is 19.1 Å². The minimum Gasteiger partial charge on any atom is -0.493 e. The Labute approximate surface area is 316 Å². The summed E-state index contributed by atoms with van der Waals surface area (Å²) in [7, 11) is 0. The molecule has 0 saturated carbocycles. The van der Waals surface area contributed by atoms with Crippen LogP contribution in [0.5, 0.6) is 23.1 Å². The van der Waals surface area contributed by atoms with E-state index in [0.717, 1.165) is 54.9 Å². The van der Waals surface area contributed by atoms with Crippen molar-refractivity contribution in [3.05, 3.63) is 154 Å². The van der Waals surface area contributed by atoms with Gasteiger partial charge in [0.15, 0.2) is 5.75 Å². The smallest absolute Gasteiger partial charge is 0.416 e. The quantitative estimate of drug-likeness (QED) is 0.0881. The van der Waals surface area contributed by atoms with Crippen LogP contribution in [0.1, 0.15) is 33.4 Å². The first kappa shape index (κ1) is 38.3. The second kappa shape index (κ2) is 17.6. The minimum atomic E-state index is -4.39. The van der Waals surface area contributed by atoms with Gasteiger partial charge in [0.25, 0.3) is 0 Å². The van der Waals surface area contributed by atoms with Crippen molar-refractivity contribution in [2.24, 2.45) is 0 Å². The number of aromatic nitrogens is 1. The zero-order valence-electron chi connectivity index (χ0n) is 29.5. The molecule has 5 aromatic rings. The average Bonchev–Trinajstić information content (AvgIpc) is 3.16. The van der Waals surface area contributed by atoms with E-state index in [2.05, 4.69) is 34.1 Å². The van der Waals surface area contributed by atoms with Gasteiger partial charge >= 0.3 is 6.18 Å². The molecule has 280 valence electrons. The number of piperazine rings is 1. The maximum Gasteiger partial charge on any atom is 0.416 e. The van der Waals surface area contributed by atoms with Crippen LogP contribution >= 0.6 is 11.6 Å². The number of carbonyl (C=O) groups excluding carboxylic acids is 1. The molecule has 0 spiro atoms. The van der Waals surface area contributed by atoms with Crippen molar-refractivity contribution in [1.29, 1.82) is 0 Å². The monoisotopic (exact) mass is 759 g/mol. The number of nitrogens with zero attached hydrogens (tertiary/aromatic N) is 3. The summed E-state index contributed by atoms with van der Waals surface area (Å²) < 4.78 is 68.8. The van der Waals surface area contributed by atoms with Crippen molar-refractivity contribution >= 4 is 23.6 Å². The fraction of sp³-hybridized carbons (Fsp3) is 0.238. The zero-order valence-corrected chi connectivity index (χ0v) is 30.2. The molecule has 0 radical (unpaired) electrons. The highest BCUT2D eigenvalue weighted by molar-refractivity contribution is 6.32. The summed E-state index contributed by atoms with van der Waals surface area (Å²) in [6.07, 6.45) is 1.12. The SMILES string of the molecule is Cc1cc(C=CC(=O)N2CCN(Cc3ccc(CCOc4ccc(F)cc4)cc3)CC2)cc(Cl)c1Oc1ccc(OCc2ccc(C(F)(F)F)cc2)cn1. The molecule has 0 aliphatic carbocycles. The summed E-state index contributed by atoms with van der Waals surface area (Å²) in [5.74, 6) is 1.42. The Bertz CT molecular complexity index is 2010. The first-order valence-electron chi connectivity index (χ1n) is 17.4. The largest absolute Gasteiger partial charge is 0.493 e. The first-order valence-corrected chi connectivity index (χ1v) is 17.7. The van der Waals surface area contributed by atoms with Gasteiger partial charge in [-0.1, -0.05) is 48.0 Å². The van der Waals surface area contributed by atoms with Crippen LogP contribution in [0, 0.1) is 12.7 Å². The molecule has 0 N–H and O–H groups in total. The second-order valence-corrected chi connectivity index (χ2v) is 13.3. The number of aryl methyl sites for hydroxylation is 1. The molecular weight excluding hydrogens is 722 g/mol. The number of alkyl halides is 3. The molecule has 1 saturated heterocycles. The fourth-order valence-electron chi connectivity index (χ4n) is 5.84. The van der Waals surface area contributed by atoms with E-state index in [4.69, 9.17) is 25.8 Å². The van der Waals surface area contributed by atoms with E-state index < -0.39 is 11.7 Å². The van der Waals surface area contributed by atoms with Crippen molar-refractivity contribution < 1.29 is 36.6 Å². The van der Waals surface area contributed by atoms with Gasteiger partial charge in [-0.2, -0.15) is 13.2 Å². The number of benzene rings is 4. The molecule has 6 rings (SSSR count). The lowest BCUT2D eigenvalue weighted by Gasteiger charge is -2.34. The highest BCUT2D eigenvalue weighted by atomic mass is 35.5. The van der Waals surface area contributed by atoms with Crippen molar-refractivity contribution in [2.75, 3.05) is 32.8 Å². The lowest BCUT2D eigenvalue weighted by atomic mass is 10.1. The molecular formula is C42H38ClF4N3O4. The molecule has 1 fully saturated rings. The average molecular weight is 760 g/mol. The number of halogens is 5. The Kier molecular flexibility index (Phi) is 12.5. The maximum absolute atomic E-state index is 13.1. The number of amides is 1. The Morgan fingerprint density at radius 1 is 0.833 bits per heavy atom. The van der Waals surface area contributed by atoms with Crippen LogP contribution in [0.2, 0.25) is 5.02 Å². The molecule has 0 unspecified atom stereocenters. The van der Waals surface area contributed by atoms with E-state index >= 15 is 0 Å². The summed E-state index contributed by atoms with van der Waals surface area (Å²) in [6.45, 7) is 6.02. The molecule has 4 aromatic carbocycles. The van der Waals surface area contributed by atoms with Gasteiger partial charge in [-0.15, -0.1) is 0 Å². The Morgan fingerprint density at radius 3 is 2.15 bits per heavy atom. The Balaban J connectivity index is 0.929. The second-order valence-electron chi connectivity index (χ2n) is 12.9. The van der Waals surface area contributed by atoms with E-state index in [-0.39, 0.29) is 24.2 Å². The van der Waals surface area contributed by atoms with Crippen molar-refractivity contribution in [3.8, 4) is 23.1 Å². The number of carbonyl (C=O) groups is 1. The van der Waals surface area contributed by atoms with Gasteiger partial charge in [-0.05, 0) is 95.4 Å². The van der Waals surface area contributed by atoms with Crippen molar-refractivity contribution in [1.82, 2.24) is 14.8 Å². The van der Waals surface area contributed by atoms with Gasteiger partial charge in [0.05, 0.1) is 23.4 Å². The Morgan fingerprint density at radius 2 is 1.50 bits per heavy atom. The maximum atomic E-state index is 13.1. The third-order valence-corrected chi connectivity index (χ3v) is 9.14. The highest BCUT2D eigenvalue weighted by Crippen LogP contribution is 2.34. The summed E-state index contributed by atoms with van der Waals surface area (Å²) in [5, 5.41) is 0.353. The summed E-state index contributed by atoms with van der Waals surface area (Å²) in [5.41, 5.74) is 3.74. The third-order valence-electron chi connectivity index (χ3n) is 8.86. The van der Waals surface area contributed by atoms with Gasteiger partial charge in [0, 0.05) is 51.3 Å². The van der Waals surface area contributed by atoms with E-state index in [1.165, 1.54) is 36.0 Å². The molecule has 7 nitrogen and oxygen atoms in total. The fourth-order valence-corrected chi connectivity index (χ4v) is 6.16. The van der Waals surface area contributed by atoms with Crippen LogP contribution in [-0.2, 0) is 30.5 Å². The standard InChI is InChI=1S/C42H38ClF4N3O4/c1-29-24-33(25-38(43)41(29)54-39-16-15-37(26-48-39)53-28-32-6-9-34(10-7-32)42(45,46)47)8-17-40(51)50-21-19-49(20-22-50)27-31-4-2-30(3-5-31)18-23-52-36-13-11-35(44)12-14-36/h2-17,24-26H,18-23,27-28H2,1H3. The number of hydrogen-bond donors (Lipinski definition) is 0. The van der Waals surface area contributed by atoms with Crippen LogP contribution in [-0.4, -0.2) is 53.5 Å². The lowest BCUT2D eigenvalue weighted by Crippen LogP contribution is -2.47. The van der Waals surface area contributed by atoms with E-state index in [1.807, 2.05) is 17.9 Å². The molecule has 1 aliphatic rings. The van der Waals surface area contributed by atoms with Gasteiger partial charge in [-0.3, -0.25) is 9.69 Å².